The number of carbonyl (C=O) groups excluding carboxylic acids is 3. The number of hydrogen-bond acceptors (Lipinski definition) is 6. The topological polar surface area (TPSA) is 149 Å². The van der Waals surface area contributed by atoms with E-state index in [1.807, 2.05) is 0 Å². The standard InChI is InChI=1S/C23H28N6O4/c1-33-20-7-6-16-17(28-20)11-19(27-16)23(32)29-18(9-13-4-5-13)22(31)26-15(12-24)10-14-3-2-8-25-21(14)30/h6-7,11,13-15,18,27H,2-5,8-10H2,1H3,(H,25,30)(H,26,31)(H,29,32)/t14-,15-,18-/m0/s1. The van der Waals surface area contributed by atoms with Gasteiger partial charge in [0, 0.05) is 18.5 Å². The maximum absolute atomic E-state index is 13.0. The van der Waals surface area contributed by atoms with Gasteiger partial charge in [0.15, 0.2) is 0 Å². The summed E-state index contributed by atoms with van der Waals surface area (Å²) in [5.74, 6) is -0.395. The Hall–Kier alpha value is -3.61. The van der Waals surface area contributed by atoms with Gasteiger partial charge in [-0.1, -0.05) is 12.8 Å². The fraction of sp³-hybridized carbons (Fsp3) is 0.522. The van der Waals surface area contributed by atoms with E-state index in [2.05, 4.69) is 32.0 Å². The van der Waals surface area contributed by atoms with Crippen molar-refractivity contribution in [1.29, 1.82) is 5.26 Å². The normalized spacial score (nSPS) is 19.8. The average Bonchev–Trinajstić information content (AvgIpc) is 3.53. The van der Waals surface area contributed by atoms with Crippen molar-refractivity contribution in [1.82, 2.24) is 25.9 Å². The van der Waals surface area contributed by atoms with Crippen molar-refractivity contribution in [3.05, 3.63) is 23.9 Å². The van der Waals surface area contributed by atoms with Gasteiger partial charge >= 0.3 is 0 Å². The minimum Gasteiger partial charge on any atom is -0.481 e. The van der Waals surface area contributed by atoms with Gasteiger partial charge in [0.25, 0.3) is 5.91 Å². The predicted octanol–water partition coefficient (Wildman–Crippen LogP) is 1.39. The summed E-state index contributed by atoms with van der Waals surface area (Å²) < 4.78 is 5.12. The number of nitrogens with zero attached hydrogens (tertiary/aromatic N) is 2. The third-order valence-corrected chi connectivity index (χ3v) is 6.18. The van der Waals surface area contributed by atoms with Crippen LogP contribution in [0.15, 0.2) is 18.2 Å². The van der Waals surface area contributed by atoms with E-state index in [4.69, 9.17) is 4.74 Å². The molecule has 4 rings (SSSR count). The van der Waals surface area contributed by atoms with Gasteiger partial charge < -0.3 is 25.7 Å². The minimum absolute atomic E-state index is 0.0809. The second-order valence-corrected chi connectivity index (χ2v) is 8.73. The molecule has 1 saturated heterocycles. The van der Waals surface area contributed by atoms with Crippen LogP contribution in [0.2, 0.25) is 0 Å². The van der Waals surface area contributed by atoms with Crippen molar-refractivity contribution in [3.63, 3.8) is 0 Å². The summed E-state index contributed by atoms with van der Waals surface area (Å²) in [6.07, 6.45) is 4.34. The van der Waals surface area contributed by atoms with Crippen LogP contribution in [0.3, 0.4) is 0 Å². The Morgan fingerprint density at radius 3 is 2.79 bits per heavy atom. The zero-order valence-corrected chi connectivity index (χ0v) is 18.5. The van der Waals surface area contributed by atoms with E-state index >= 15 is 0 Å². The maximum Gasteiger partial charge on any atom is 0.268 e. The number of piperidine rings is 1. The van der Waals surface area contributed by atoms with E-state index in [-0.39, 0.29) is 23.9 Å². The molecule has 2 aliphatic rings. The molecule has 0 unspecified atom stereocenters. The molecule has 3 amide bonds. The molecule has 2 aromatic rings. The van der Waals surface area contributed by atoms with Crippen LogP contribution in [-0.2, 0) is 9.59 Å². The number of H-pyrrole nitrogens is 1. The van der Waals surface area contributed by atoms with E-state index in [0.29, 0.717) is 42.2 Å². The molecule has 3 heterocycles. The number of aromatic nitrogens is 2. The molecular formula is C23H28N6O4. The molecule has 1 saturated carbocycles. The molecule has 10 nitrogen and oxygen atoms in total. The lowest BCUT2D eigenvalue weighted by Crippen LogP contribution is -2.50. The fourth-order valence-corrected chi connectivity index (χ4v) is 4.14. The predicted molar refractivity (Wildman–Crippen MR) is 119 cm³/mol. The average molecular weight is 453 g/mol. The number of fused-ring (bicyclic) bond motifs is 1. The summed E-state index contributed by atoms with van der Waals surface area (Å²) in [7, 11) is 1.52. The van der Waals surface area contributed by atoms with Crippen LogP contribution in [0.4, 0.5) is 0 Å². The molecule has 1 aliphatic heterocycles. The third kappa shape index (κ3) is 5.61. The largest absolute Gasteiger partial charge is 0.481 e. The monoisotopic (exact) mass is 452 g/mol. The molecule has 3 atom stereocenters. The fourth-order valence-electron chi connectivity index (χ4n) is 4.14. The first-order valence-electron chi connectivity index (χ1n) is 11.3. The Bertz CT molecular complexity index is 1090. The number of carbonyl (C=O) groups is 3. The number of nitriles is 1. The number of rotatable bonds is 9. The molecule has 33 heavy (non-hydrogen) atoms. The van der Waals surface area contributed by atoms with Crippen LogP contribution in [0.1, 0.15) is 49.0 Å². The van der Waals surface area contributed by atoms with Gasteiger partial charge in [-0.05, 0) is 43.7 Å². The second kappa shape index (κ2) is 9.90. The first-order valence-corrected chi connectivity index (χ1v) is 11.3. The van der Waals surface area contributed by atoms with Crippen LogP contribution in [0.5, 0.6) is 5.88 Å². The molecular weight excluding hydrogens is 424 g/mol. The van der Waals surface area contributed by atoms with Crippen molar-refractivity contribution in [2.24, 2.45) is 11.8 Å². The highest BCUT2D eigenvalue weighted by Crippen LogP contribution is 2.33. The van der Waals surface area contributed by atoms with E-state index in [0.717, 1.165) is 19.3 Å². The Morgan fingerprint density at radius 2 is 2.09 bits per heavy atom. The molecule has 0 radical (unpaired) electrons. The van der Waals surface area contributed by atoms with Crippen LogP contribution in [0, 0.1) is 23.2 Å². The molecule has 4 N–H and O–H groups in total. The first kappa shape index (κ1) is 22.6. The van der Waals surface area contributed by atoms with Gasteiger partial charge in [-0.15, -0.1) is 0 Å². The van der Waals surface area contributed by atoms with E-state index in [1.165, 1.54) is 7.11 Å². The first-order chi connectivity index (χ1) is 16.0. The quantitative estimate of drug-likeness (QED) is 0.452. The van der Waals surface area contributed by atoms with Crippen LogP contribution < -0.4 is 20.7 Å². The zero-order valence-electron chi connectivity index (χ0n) is 18.5. The summed E-state index contributed by atoms with van der Waals surface area (Å²) >= 11 is 0. The molecule has 10 heteroatoms. The summed E-state index contributed by atoms with van der Waals surface area (Å²) in [5.41, 5.74) is 1.55. The van der Waals surface area contributed by atoms with Crippen LogP contribution in [-0.4, -0.2) is 53.4 Å². The maximum atomic E-state index is 13.0. The van der Waals surface area contributed by atoms with Crippen molar-refractivity contribution in [2.75, 3.05) is 13.7 Å². The van der Waals surface area contributed by atoms with Gasteiger partial charge in [0.05, 0.1) is 24.2 Å². The van der Waals surface area contributed by atoms with E-state index in [9.17, 15) is 19.6 Å². The lowest BCUT2D eigenvalue weighted by molar-refractivity contribution is -0.128. The van der Waals surface area contributed by atoms with Gasteiger partial charge in [-0.2, -0.15) is 5.26 Å². The van der Waals surface area contributed by atoms with Gasteiger partial charge in [0.1, 0.15) is 17.8 Å². The summed E-state index contributed by atoms with van der Waals surface area (Å²) in [6, 6.07) is 5.59. The van der Waals surface area contributed by atoms with E-state index in [1.54, 1.807) is 18.2 Å². The summed E-state index contributed by atoms with van der Waals surface area (Å²) in [5, 5.41) is 17.9. The molecule has 2 aromatic heterocycles. The zero-order chi connectivity index (χ0) is 23.4. The van der Waals surface area contributed by atoms with Gasteiger partial charge in [-0.25, -0.2) is 4.98 Å². The highest BCUT2D eigenvalue weighted by molar-refractivity contribution is 5.99. The molecule has 1 aliphatic carbocycles. The summed E-state index contributed by atoms with van der Waals surface area (Å²) in [6.45, 7) is 0.643. The third-order valence-electron chi connectivity index (χ3n) is 6.18. The molecule has 0 spiro atoms. The molecule has 0 bridgehead atoms. The highest BCUT2D eigenvalue weighted by atomic mass is 16.5. The number of methoxy groups -OCH3 is 1. The van der Waals surface area contributed by atoms with E-state index < -0.39 is 23.9 Å². The van der Waals surface area contributed by atoms with Gasteiger partial charge in [-0.3, -0.25) is 14.4 Å². The molecule has 2 fully saturated rings. The van der Waals surface area contributed by atoms with Crippen LogP contribution in [0.25, 0.3) is 11.0 Å². The van der Waals surface area contributed by atoms with Crippen molar-refractivity contribution in [2.45, 2.75) is 50.6 Å². The number of nitrogens with one attached hydrogen (secondary N) is 4. The minimum atomic E-state index is -0.797. The van der Waals surface area contributed by atoms with Crippen LogP contribution >= 0.6 is 0 Å². The number of hydrogen-bond donors (Lipinski definition) is 4. The molecule has 174 valence electrons. The molecule has 0 aromatic carbocycles. The lowest BCUT2D eigenvalue weighted by atomic mass is 9.92. The van der Waals surface area contributed by atoms with Crippen molar-refractivity contribution in [3.8, 4) is 11.9 Å². The number of ether oxygens (including phenoxy) is 1. The Balaban J connectivity index is 1.42. The number of amides is 3. The smallest absolute Gasteiger partial charge is 0.268 e. The van der Waals surface area contributed by atoms with Gasteiger partial charge in [0.2, 0.25) is 17.7 Å². The number of aromatic amines is 1. The van der Waals surface area contributed by atoms with Crippen molar-refractivity contribution < 1.29 is 19.1 Å². The number of pyridine rings is 1. The lowest BCUT2D eigenvalue weighted by Gasteiger charge is -2.25. The summed E-state index contributed by atoms with van der Waals surface area (Å²) in [4.78, 5) is 45.2. The second-order valence-electron chi connectivity index (χ2n) is 8.73. The van der Waals surface area contributed by atoms with Crippen molar-refractivity contribution >= 4 is 28.8 Å². The highest BCUT2D eigenvalue weighted by Gasteiger charge is 2.33. The Kier molecular flexibility index (Phi) is 6.77. The SMILES string of the molecule is COc1ccc2[nH]c(C(=O)N[C@@H](CC3CC3)C(=O)N[C@H](C#N)C[C@@H]3CCCNC3=O)cc2n1. The Labute approximate surface area is 191 Å². The Morgan fingerprint density at radius 1 is 1.27 bits per heavy atom.